The molecule has 0 aliphatic heterocycles. The number of hydrogen-bond donors (Lipinski definition) is 0. The normalized spacial score (nSPS) is 11.9. The fourth-order valence-corrected chi connectivity index (χ4v) is 8.28. The van der Waals surface area contributed by atoms with Crippen molar-refractivity contribution in [3.05, 3.63) is 182 Å². The van der Waals surface area contributed by atoms with Crippen LogP contribution in [0.2, 0.25) is 0 Å². The van der Waals surface area contributed by atoms with E-state index in [9.17, 15) is 0 Å². The number of hydrogen-bond acceptors (Lipinski definition) is 2. The van der Waals surface area contributed by atoms with Gasteiger partial charge in [-0.1, -0.05) is 140 Å². The molecule has 3 heterocycles. The van der Waals surface area contributed by atoms with Gasteiger partial charge in [0, 0.05) is 38.0 Å². The quantitative estimate of drug-likeness (QED) is 0.185. The molecular weight excluding hydrogens is 621 g/mol. The van der Waals surface area contributed by atoms with Gasteiger partial charge in [-0.15, -0.1) is 0 Å². The number of nitrogens with zero attached hydrogens (tertiary/aromatic N) is 2. The van der Waals surface area contributed by atoms with Gasteiger partial charge in [0.2, 0.25) is 0 Å². The molecule has 3 heteroatoms. The molecule has 0 unspecified atom stereocenters. The second-order valence-corrected chi connectivity index (χ2v) is 13.3. The van der Waals surface area contributed by atoms with Gasteiger partial charge >= 0.3 is 0 Å². The van der Waals surface area contributed by atoms with Crippen LogP contribution in [-0.4, -0.2) is 4.40 Å². The average molecular weight is 651 g/mol. The molecule has 0 aliphatic rings. The Kier molecular flexibility index (Phi) is 5.96. The second-order valence-electron chi connectivity index (χ2n) is 13.3. The van der Waals surface area contributed by atoms with E-state index < -0.39 is 0 Å². The van der Waals surface area contributed by atoms with Crippen LogP contribution < -0.4 is 4.90 Å². The molecule has 11 aromatic rings. The van der Waals surface area contributed by atoms with E-state index in [0.29, 0.717) is 0 Å². The number of para-hydroxylation sites is 5. The molecule has 3 aromatic heterocycles. The lowest BCUT2D eigenvalue weighted by molar-refractivity contribution is 0.669. The van der Waals surface area contributed by atoms with Gasteiger partial charge in [0.05, 0.1) is 27.9 Å². The first-order valence-corrected chi connectivity index (χ1v) is 17.4. The molecule has 0 saturated heterocycles. The lowest BCUT2D eigenvalue weighted by Gasteiger charge is -2.28. The molecule has 0 amide bonds. The Hall–Kier alpha value is -6.84. The summed E-state index contributed by atoms with van der Waals surface area (Å²) < 4.78 is 9.26. The molecule has 8 aromatic carbocycles. The van der Waals surface area contributed by atoms with Gasteiger partial charge < -0.3 is 13.7 Å². The van der Waals surface area contributed by atoms with Crippen LogP contribution in [-0.2, 0) is 0 Å². The summed E-state index contributed by atoms with van der Waals surface area (Å²) in [5, 5.41) is 7.22. The molecule has 0 spiro atoms. The van der Waals surface area contributed by atoms with Gasteiger partial charge in [-0.3, -0.25) is 0 Å². The molecule has 11 rings (SSSR count). The molecule has 0 saturated carbocycles. The molecule has 0 N–H and O–H groups in total. The number of rotatable bonds is 5. The van der Waals surface area contributed by atoms with Crippen LogP contribution in [0.25, 0.3) is 82.3 Å². The highest BCUT2D eigenvalue weighted by Crippen LogP contribution is 2.49. The van der Waals surface area contributed by atoms with Crippen LogP contribution in [0.5, 0.6) is 0 Å². The van der Waals surface area contributed by atoms with Gasteiger partial charge in [0.15, 0.2) is 5.58 Å². The lowest BCUT2D eigenvalue weighted by Crippen LogP contribution is -2.12. The predicted molar refractivity (Wildman–Crippen MR) is 214 cm³/mol. The summed E-state index contributed by atoms with van der Waals surface area (Å²) in [6.45, 7) is 0. The van der Waals surface area contributed by atoms with E-state index in [-0.39, 0.29) is 0 Å². The summed E-state index contributed by atoms with van der Waals surface area (Å²) in [5.41, 5.74) is 13.1. The zero-order chi connectivity index (χ0) is 33.5. The predicted octanol–water partition coefficient (Wildman–Crippen LogP) is 13.5. The minimum atomic E-state index is 0.862. The van der Waals surface area contributed by atoms with Crippen molar-refractivity contribution < 1.29 is 4.42 Å². The SMILES string of the molecule is c1ccc(-c2cc(-c3ccccc3)cc(N(c3cccc4c3oc3ccccc34)c3cccc4c5cccc6c7ccccc7n(c34)c65)c2)cc1. The van der Waals surface area contributed by atoms with Crippen molar-refractivity contribution in [2.45, 2.75) is 0 Å². The molecule has 0 aliphatic carbocycles. The standard InChI is InChI=1S/C48H30N2O/c1-3-14-31(15-4-1)33-28-34(32-16-5-2-6-17-32)30-35(29-33)49(44-26-13-23-41-37-19-8-10-27-45(37)51-48(41)44)43-25-12-22-40-39-21-11-20-38-36-18-7-9-24-42(36)50(46(38)39)47(40)43/h1-30H. The van der Waals surface area contributed by atoms with E-state index in [1.165, 1.54) is 49.2 Å². The van der Waals surface area contributed by atoms with Crippen molar-refractivity contribution in [1.82, 2.24) is 4.40 Å². The van der Waals surface area contributed by atoms with E-state index in [1.54, 1.807) is 0 Å². The van der Waals surface area contributed by atoms with Crippen molar-refractivity contribution >= 4 is 77.1 Å². The maximum atomic E-state index is 6.78. The average Bonchev–Trinajstić information content (AvgIpc) is 3.87. The first-order chi connectivity index (χ1) is 25.3. The summed E-state index contributed by atoms with van der Waals surface area (Å²) in [5.74, 6) is 0. The smallest absolute Gasteiger partial charge is 0.159 e. The minimum absolute atomic E-state index is 0.862. The minimum Gasteiger partial charge on any atom is -0.454 e. The third kappa shape index (κ3) is 4.12. The van der Waals surface area contributed by atoms with E-state index in [2.05, 4.69) is 185 Å². The largest absolute Gasteiger partial charge is 0.454 e. The lowest BCUT2D eigenvalue weighted by atomic mass is 9.97. The highest BCUT2D eigenvalue weighted by atomic mass is 16.3. The number of benzene rings is 8. The van der Waals surface area contributed by atoms with Crippen molar-refractivity contribution in [2.24, 2.45) is 0 Å². The highest BCUT2D eigenvalue weighted by Gasteiger charge is 2.26. The van der Waals surface area contributed by atoms with Gasteiger partial charge in [0.1, 0.15) is 5.58 Å². The third-order valence-corrected chi connectivity index (χ3v) is 10.5. The number of furan rings is 1. The van der Waals surface area contributed by atoms with Crippen LogP contribution in [0, 0.1) is 0 Å². The molecular formula is C48H30N2O. The van der Waals surface area contributed by atoms with Crippen LogP contribution in [0.1, 0.15) is 0 Å². The van der Waals surface area contributed by atoms with E-state index in [4.69, 9.17) is 4.42 Å². The summed E-state index contributed by atoms with van der Waals surface area (Å²) in [6.07, 6.45) is 0. The molecule has 238 valence electrons. The number of anilines is 3. The Morgan fingerprint density at radius 3 is 1.63 bits per heavy atom. The monoisotopic (exact) mass is 650 g/mol. The maximum absolute atomic E-state index is 6.78. The summed E-state index contributed by atoms with van der Waals surface area (Å²) in [6, 6.07) is 65.4. The first kappa shape index (κ1) is 28.0. The summed E-state index contributed by atoms with van der Waals surface area (Å²) in [4.78, 5) is 2.43. The maximum Gasteiger partial charge on any atom is 0.159 e. The Bertz CT molecular complexity index is 3020. The zero-order valence-electron chi connectivity index (χ0n) is 27.6. The number of aromatic nitrogens is 1. The number of fused-ring (bicyclic) bond motifs is 9. The fraction of sp³-hybridized carbons (Fsp3) is 0. The molecule has 0 atom stereocenters. The first-order valence-electron chi connectivity index (χ1n) is 17.4. The van der Waals surface area contributed by atoms with Gasteiger partial charge in [-0.25, -0.2) is 0 Å². The van der Waals surface area contributed by atoms with E-state index in [1.807, 2.05) is 6.07 Å². The van der Waals surface area contributed by atoms with E-state index in [0.717, 1.165) is 50.1 Å². The van der Waals surface area contributed by atoms with E-state index >= 15 is 0 Å². The zero-order valence-corrected chi connectivity index (χ0v) is 27.6. The fourth-order valence-electron chi connectivity index (χ4n) is 8.28. The van der Waals surface area contributed by atoms with Gasteiger partial charge in [-0.2, -0.15) is 0 Å². The Labute approximate surface area is 294 Å². The topological polar surface area (TPSA) is 20.8 Å². The second kappa shape index (κ2) is 10.8. The van der Waals surface area contributed by atoms with Crippen LogP contribution in [0.4, 0.5) is 17.1 Å². The molecule has 0 bridgehead atoms. The molecule has 0 radical (unpaired) electrons. The van der Waals surface area contributed by atoms with Gasteiger partial charge in [0.25, 0.3) is 0 Å². The Morgan fingerprint density at radius 1 is 0.373 bits per heavy atom. The van der Waals surface area contributed by atoms with Crippen molar-refractivity contribution in [3.8, 4) is 22.3 Å². The van der Waals surface area contributed by atoms with Crippen LogP contribution in [0.15, 0.2) is 186 Å². The highest BCUT2D eigenvalue weighted by molar-refractivity contribution is 6.25. The van der Waals surface area contributed by atoms with Crippen molar-refractivity contribution in [3.63, 3.8) is 0 Å². The molecule has 51 heavy (non-hydrogen) atoms. The summed E-state index contributed by atoms with van der Waals surface area (Å²) in [7, 11) is 0. The Morgan fingerprint density at radius 2 is 0.902 bits per heavy atom. The third-order valence-electron chi connectivity index (χ3n) is 10.5. The van der Waals surface area contributed by atoms with Gasteiger partial charge in [-0.05, 0) is 64.7 Å². The van der Waals surface area contributed by atoms with Crippen LogP contribution >= 0.6 is 0 Å². The van der Waals surface area contributed by atoms with Crippen molar-refractivity contribution in [2.75, 3.05) is 4.90 Å². The molecule has 0 fully saturated rings. The molecule has 3 nitrogen and oxygen atoms in total. The summed E-state index contributed by atoms with van der Waals surface area (Å²) >= 11 is 0. The van der Waals surface area contributed by atoms with Crippen LogP contribution in [0.3, 0.4) is 0 Å². The Balaban J connectivity index is 1.30. The van der Waals surface area contributed by atoms with Crippen molar-refractivity contribution in [1.29, 1.82) is 0 Å².